The predicted octanol–water partition coefficient (Wildman–Crippen LogP) is 5.86. The maximum atomic E-state index is 6.06. The van der Waals surface area contributed by atoms with E-state index in [0.29, 0.717) is 12.5 Å². The van der Waals surface area contributed by atoms with Crippen LogP contribution in [0.4, 0.5) is 0 Å². The molecule has 2 heterocycles. The van der Waals surface area contributed by atoms with E-state index < -0.39 is 0 Å². The fourth-order valence-corrected chi connectivity index (χ4v) is 3.13. The number of halogens is 1. The van der Waals surface area contributed by atoms with Crippen LogP contribution in [0.1, 0.15) is 42.7 Å². The summed E-state index contributed by atoms with van der Waals surface area (Å²) in [6.07, 6.45) is 2.89. The molecule has 0 aliphatic rings. The van der Waals surface area contributed by atoms with Crippen molar-refractivity contribution in [1.29, 1.82) is 0 Å². The van der Waals surface area contributed by atoms with E-state index in [1.807, 2.05) is 6.20 Å². The van der Waals surface area contributed by atoms with E-state index >= 15 is 0 Å². The molecule has 1 aromatic carbocycles. The quantitative estimate of drug-likeness (QED) is 0.542. The highest BCUT2D eigenvalue weighted by atomic mass is 35.5. The summed E-state index contributed by atoms with van der Waals surface area (Å²) in [5.74, 6) is 1.38. The number of hydrogen-bond donors (Lipinski definition) is 0. The van der Waals surface area contributed by atoms with Gasteiger partial charge in [0, 0.05) is 23.8 Å². The molecule has 0 N–H and O–H groups in total. The lowest BCUT2D eigenvalue weighted by Gasteiger charge is -2.13. The molecule has 4 heteroatoms. The van der Waals surface area contributed by atoms with E-state index in [1.165, 1.54) is 27.8 Å². The van der Waals surface area contributed by atoms with Gasteiger partial charge in [-0.2, -0.15) is 0 Å². The number of benzene rings is 1. The van der Waals surface area contributed by atoms with Gasteiger partial charge in [-0.1, -0.05) is 43.7 Å². The Balaban J connectivity index is 0.00000243. The average molecular weight is 373 g/mol. The second-order valence-corrected chi connectivity index (χ2v) is 7.33. The van der Waals surface area contributed by atoms with Gasteiger partial charge in [-0.25, -0.2) is 4.98 Å². The minimum Gasteiger partial charge on any atom is -0.476 e. The molecule has 0 amide bonds. The smallest absolute Gasteiger partial charge is 0.238 e. The zero-order valence-electron chi connectivity index (χ0n) is 16.4. The normalized spacial score (nSPS) is 11.0. The Morgan fingerprint density at radius 1 is 1.04 bits per heavy atom. The van der Waals surface area contributed by atoms with Crippen molar-refractivity contribution in [2.45, 2.75) is 47.6 Å². The third kappa shape index (κ3) is 4.21. The van der Waals surface area contributed by atoms with Crippen molar-refractivity contribution in [3.8, 4) is 5.88 Å². The van der Waals surface area contributed by atoms with Gasteiger partial charge >= 0.3 is 0 Å². The lowest BCUT2D eigenvalue weighted by molar-refractivity contribution is 0.281. The molecule has 0 aliphatic heterocycles. The van der Waals surface area contributed by atoms with Crippen molar-refractivity contribution in [1.82, 2.24) is 9.55 Å². The third-order valence-corrected chi connectivity index (χ3v) is 4.91. The third-order valence-electron chi connectivity index (χ3n) is 4.91. The van der Waals surface area contributed by atoms with Crippen molar-refractivity contribution in [2.75, 3.05) is 6.61 Å². The molecule has 140 valence electrons. The van der Waals surface area contributed by atoms with Crippen molar-refractivity contribution in [2.24, 2.45) is 5.92 Å². The fraction of sp³-hybridized carbons (Fsp3) is 0.409. The number of rotatable bonds is 6. The first-order valence-corrected chi connectivity index (χ1v) is 9.10. The molecule has 0 aliphatic carbocycles. The number of aromatic nitrogens is 2. The molecule has 3 aromatic rings. The molecule has 0 saturated carbocycles. The summed E-state index contributed by atoms with van der Waals surface area (Å²) in [6.45, 7) is 12.5. The van der Waals surface area contributed by atoms with E-state index in [4.69, 9.17) is 4.74 Å². The molecule has 0 bridgehead atoms. The van der Waals surface area contributed by atoms with Crippen LogP contribution in [0.2, 0.25) is 0 Å². The number of fused-ring (bicyclic) bond motifs is 1. The van der Waals surface area contributed by atoms with Crippen molar-refractivity contribution in [3.05, 3.63) is 58.9 Å². The number of ether oxygens (including phenoxy) is 1. The maximum Gasteiger partial charge on any atom is 0.238 e. The fourth-order valence-electron chi connectivity index (χ4n) is 3.13. The van der Waals surface area contributed by atoms with Gasteiger partial charge in [-0.05, 0) is 50.3 Å². The van der Waals surface area contributed by atoms with Gasteiger partial charge in [0.25, 0.3) is 0 Å². The molecule has 2 aromatic heterocycles. The minimum atomic E-state index is 0. The largest absolute Gasteiger partial charge is 0.476 e. The Morgan fingerprint density at radius 2 is 1.73 bits per heavy atom. The molecular formula is C22H29ClN2O. The van der Waals surface area contributed by atoms with Crippen LogP contribution in [-0.4, -0.2) is 16.2 Å². The van der Waals surface area contributed by atoms with Gasteiger partial charge < -0.3 is 9.30 Å². The zero-order chi connectivity index (χ0) is 18.0. The van der Waals surface area contributed by atoms with E-state index in [2.05, 4.69) is 74.5 Å². The van der Waals surface area contributed by atoms with Gasteiger partial charge in [0.05, 0.1) is 6.61 Å². The van der Waals surface area contributed by atoms with Crippen LogP contribution in [0.15, 0.2) is 36.5 Å². The van der Waals surface area contributed by atoms with Crippen molar-refractivity contribution >= 4 is 23.3 Å². The molecule has 0 radical (unpaired) electrons. The first-order valence-electron chi connectivity index (χ1n) is 9.10. The SMILES string of the molecule is Cc1ccc(Cn2c(C)c(C)c3ccnc(OCCC(C)C)c32)cc1.Cl. The highest BCUT2D eigenvalue weighted by Crippen LogP contribution is 2.31. The summed E-state index contributed by atoms with van der Waals surface area (Å²) in [6, 6.07) is 10.8. The van der Waals surface area contributed by atoms with Crippen molar-refractivity contribution < 1.29 is 4.74 Å². The summed E-state index contributed by atoms with van der Waals surface area (Å²) < 4.78 is 8.40. The second-order valence-electron chi connectivity index (χ2n) is 7.33. The Labute approximate surface area is 162 Å². The summed E-state index contributed by atoms with van der Waals surface area (Å²) in [5, 5.41) is 1.24. The van der Waals surface area contributed by atoms with Crippen LogP contribution < -0.4 is 4.74 Å². The predicted molar refractivity (Wildman–Crippen MR) is 112 cm³/mol. The van der Waals surface area contributed by atoms with Crippen LogP contribution in [0.25, 0.3) is 10.9 Å². The van der Waals surface area contributed by atoms with E-state index in [1.54, 1.807) is 0 Å². The molecule has 0 unspecified atom stereocenters. The molecule has 0 atom stereocenters. The van der Waals surface area contributed by atoms with Gasteiger partial charge in [0.15, 0.2) is 0 Å². The monoisotopic (exact) mass is 372 g/mol. The van der Waals surface area contributed by atoms with Gasteiger partial charge in [-0.15, -0.1) is 12.4 Å². The standard InChI is InChI=1S/C22H28N2O.ClH/c1-15(2)11-13-25-22-21-20(10-12-23-22)17(4)18(5)24(21)14-19-8-6-16(3)7-9-19;/h6-10,12,15H,11,13-14H2,1-5H3;1H. The average Bonchev–Trinajstić information content (AvgIpc) is 2.82. The Kier molecular flexibility index (Phi) is 6.71. The molecule has 3 rings (SSSR count). The molecule has 3 nitrogen and oxygen atoms in total. The summed E-state index contributed by atoms with van der Waals surface area (Å²) in [4.78, 5) is 4.53. The van der Waals surface area contributed by atoms with E-state index in [-0.39, 0.29) is 12.4 Å². The number of hydrogen-bond acceptors (Lipinski definition) is 2. The minimum absolute atomic E-state index is 0. The first-order chi connectivity index (χ1) is 12.0. The zero-order valence-corrected chi connectivity index (χ0v) is 17.2. The summed E-state index contributed by atoms with van der Waals surface area (Å²) in [7, 11) is 0. The second kappa shape index (κ2) is 8.59. The molecular weight excluding hydrogens is 344 g/mol. The Hall–Kier alpha value is -2.00. The van der Waals surface area contributed by atoms with Crippen LogP contribution in [0.3, 0.4) is 0 Å². The Bertz CT molecular complexity index is 866. The molecule has 26 heavy (non-hydrogen) atoms. The van der Waals surface area contributed by atoms with Crippen LogP contribution >= 0.6 is 12.4 Å². The number of pyridine rings is 1. The highest BCUT2D eigenvalue weighted by Gasteiger charge is 2.16. The molecule has 0 spiro atoms. The Morgan fingerprint density at radius 3 is 2.38 bits per heavy atom. The number of nitrogens with zero attached hydrogens (tertiary/aromatic N) is 2. The van der Waals surface area contributed by atoms with Crippen LogP contribution in [0, 0.1) is 26.7 Å². The molecule has 0 saturated heterocycles. The highest BCUT2D eigenvalue weighted by molar-refractivity contribution is 5.89. The number of aryl methyl sites for hydroxylation is 2. The lowest BCUT2D eigenvalue weighted by Crippen LogP contribution is -2.06. The first kappa shape index (κ1) is 20.3. The van der Waals surface area contributed by atoms with Crippen molar-refractivity contribution in [3.63, 3.8) is 0 Å². The summed E-state index contributed by atoms with van der Waals surface area (Å²) >= 11 is 0. The molecule has 0 fully saturated rings. The topological polar surface area (TPSA) is 27.1 Å². The van der Waals surface area contributed by atoms with Gasteiger partial charge in [-0.3, -0.25) is 0 Å². The van der Waals surface area contributed by atoms with Crippen LogP contribution in [0.5, 0.6) is 5.88 Å². The maximum absolute atomic E-state index is 6.06. The van der Waals surface area contributed by atoms with E-state index in [9.17, 15) is 0 Å². The lowest BCUT2D eigenvalue weighted by atomic mass is 10.1. The van der Waals surface area contributed by atoms with E-state index in [0.717, 1.165) is 24.4 Å². The van der Waals surface area contributed by atoms with Gasteiger partial charge in [0.1, 0.15) is 5.52 Å². The van der Waals surface area contributed by atoms with Gasteiger partial charge in [0.2, 0.25) is 5.88 Å². The summed E-state index contributed by atoms with van der Waals surface area (Å²) in [5.41, 5.74) is 6.27. The van der Waals surface area contributed by atoms with Crippen LogP contribution in [-0.2, 0) is 6.54 Å².